The third-order valence-corrected chi connectivity index (χ3v) is 5.00. The quantitative estimate of drug-likeness (QED) is 0.840. The minimum atomic E-state index is -1.10. The summed E-state index contributed by atoms with van der Waals surface area (Å²) in [5.41, 5.74) is 0.0656. The van der Waals surface area contributed by atoms with Gasteiger partial charge in [0, 0.05) is 37.3 Å². The molecule has 1 aliphatic rings. The molecule has 27 heavy (non-hydrogen) atoms. The molecule has 0 radical (unpaired) electrons. The van der Waals surface area contributed by atoms with Crippen molar-refractivity contribution in [1.82, 2.24) is 5.32 Å². The Morgan fingerprint density at radius 3 is 2.48 bits per heavy atom. The number of ether oxygens (including phenoxy) is 2. The minimum absolute atomic E-state index is 0.234. The Labute approximate surface area is 155 Å². The number of carbonyl (C=O) groups excluding carboxylic acids is 1. The minimum Gasteiger partial charge on any atom is -0.507 e. The maximum Gasteiger partial charge on any atom is 0.258 e. The summed E-state index contributed by atoms with van der Waals surface area (Å²) in [6.45, 7) is 1.31. The first kappa shape index (κ1) is 19.1. The zero-order valence-electron chi connectivity index (χ0n) is 14.9. The van der Waals surface area contributed by atoms with Crippen LogP contribution in [0.3, 0.4) is 0 Å². The highest BCUT2D eigenvalue weighted by Gasteiger charge is 2.35. The van der Waals surface area contributed by atoms with Gasteiger partial charge in [-0.15, -0.1) is 0 Å². The van der Waals surface area contributed by atoms with Crippen molar-refractivity contribution in [3.63, 3.8) is 0 Å². The van der Waals surface area contributed by atoms with Gasteiger partial charge in [0.2, 0.25) is 0 Å². The van der Waals surface area contributed by atoms with Gasteiger partial charge in [0.05, 0.1) is 7.11 Å². The highest BCUT2D eigenvalue weighted by Crippen LogP contribution is 2.35. The van der Waals surface area contributed by atoms with Crippen LogP contribution in [0.1, 0.15) is 28.8 Å². The van der Waals surface area contributed by atoms with Gasteiger partial charge in [-0.3, -0.25) is 4.79 Å². The van der Waals surface area contributed by atoms with E-state index in [1.54, 1.807) is 7.11 Å². The van der Waals surface area contributed by atoms with Crippen LogP contribution in [0.2, 0.25) is 0 Å². The Morgan fingerprint density at radius 1 is 1.22 bits per heavy atom. The van der Waals surface area contributed by atoms with Crippen molar-refractivity contribution in [2.45, 2.75) is 18.3 Å². The maximum absolute atomic E-state index is 13.9. The average molecular weight is 377 g/mol. The lowest BCUT2D eigenvalue weighted by Crippen LogP contribution is -2.44. The molecule has 0 saturated carbocycles. The predicted molar refractivity (Wildman–Crippen MR) is 95.1 cm³/mol. The Bertz CT molecular complexity index is 794. The fraction of sp³-hybridized carbons (Fsp3) is 0.350. The largest absolute Gasteiger partial charge is 0.507 e. The van der Waals surface area contributed by atoms with Gasteiger partial charge >= 0.3 is 0 Å². The van der Waals surface area contributed by atoms with Crippen molar-refractivity contribution < 1.29 is 28.2 Å². The third kappa shape index (κ3) is 4.03. The summed E-state index contributed by atoms with van der Waals surface area (Å²) >= 11 is 0. The number of benzene rings is 2. The molecule has 144 valence electrons. The van der Waals surface area contributed by atoms with Crippen LogP contribution < -0.4 is 10.1 Å². The van der Waals surface area contributed by atoms with Gasteiger partial charge < -0.3 is 19.9 Å². The zero-order valence-corrected chi connectivity index (χ0v) is 14.9. The van der Waals surface area contributed by atoms with Crippen LogP contribution in [0, 0.1) is 11.6 Å². The number of hydrogen-bond donors (Lipinski definition) is 2. The maximum atomic E-state index is 13.9. The van der Waals surface area contributed by atoms with Crippen LogP contribution in [-0.4, -0.2) is 37.9 Å². The van der Waals surface area contributed by atoms with Gasteiger partial charge in [-0.2, -0.15) is 0 Å². The van der Waals surface area contributed by atoms with Gasteiger partial charge in [-0.05, 0) is 30.5 Å². The molecule has 7 heteroatoms. The molecule has 1 heterocycles. The number of halogens is 2. The molecule has 0 aliphatic carbocycles. The molecule has 0 unspecified atom stereocenters. The van der Waals surface area contributed by atoms with Gasteiger partial charge in [0.15, 0.2) is 0 Å². The van der Waals surface area contributed by atoms with Gasteiger partial charge in [-0.25, -0.2) is 8.78 Å². The summed E-state index contributed by atoms with van der Waals surface area (Å²) in [6, 6.07) is 8.85. The van der Waals surface area contributed by atoms with Crippen LogP contribution in [0.25, 0.3) is 0 Å². The summed E-state index contributed by atoms with van der Waals surface area (Å²) in [5.74, 6) is -2.83. The first-order valence-electron chi connectivity index (χ1n) is 8.64. The second kappa shape index (κ2) is 7.92. The predicted octanol–water partition coefficient (Wildman–Crippen LogP) is 3.16. The monoisotopic (exact) mass is 377 g/mol. The topological polar surface area (TPSA) is 67.8 Å². The van der Waals surface area contributed by atoms with E-state index in [0.717, 1.165) is 11.3 Å². The van der Waals surface area contributed by atoms with Crippen LogP contribution in [0.4, 0.5) is 8.78 Å². The Morgan fingerprint density at radius 2 is 1.89 bits per heavy atom. The molecule has 5 nitrogen and oxygen atoms in total. The van der Waals surface area contributed by atoms with Crippen molar-refractivity contribution in [3.05, 3.63) is 59.2 Å². The summed E-state index contributed by atoms with van der Waals surface area (Å²) in [5, 5.41) is 12.4. The van der Waals surface area contributed by atoms with E-state index in [9.17, 15) is 18.7 Å². The summed E-state index contributed by atoms with van der Waals surface area (Å²) < 4.78 is 37.7. The number of amides is 1. The van der Waals surface area contributed by atoms with Crippen LogP contribution in [-0.2, 0) is 10.2 Å². The van der Waals surface area contributed by atoms with E-state index in [1.807, 2.05) is 24.3 Å². The molecule has 1 aliphatic heterocycles. The molecule has 1 saturated heterocycles. The fourth-order valence-corrected chi connectivity index (χ4v) is 3.40. The van der Waals surface area contributed by atoms with Crippen molar-refractivity contribution in [3.8, 4) is 11.5 Å². The Hall–Kier alpha value is -2.67. The van der Waals surface area contributed by atoms with Crippen molar-refractivity contribution in [2.75, 3.05) is 26.9 Å². The number of phenols is 1. The van der Waals surface area contributed by atoms with Gasteiger partial charge in [0.25, 0.3) is 5.91 Å². The van der Waals surface area contributed by atoms with E-state index in [1.165, 1.54) is 0 Å². The fourth-order valence-electron chi connectivity index (χ4n) is 3.40. The molecule has 0 spiro atoms. The van der Waals surface area contributed by atoms with Crippen molar-refractivity contribution in [1.29, 1.82) is 0 Å². The zero-order chi connectivity index (χ0) is 19.4. The van der Waals surface area contributed by atoms with E-state index in [-0.39, 0.29) is 12.0 Å². The molecule has 2 N–H and O–H groups in total. The van der Waals surface area contributed by atoms with Crippen molar-refractivity contribution >= 4 is 5.91 Å². The van der Waals surface area contributed by atoms with Crippen LogP contribution in [0.5, 0.6) is 11.5 Å². The highest BCUT2D eigenvalue weighted by atomic mass is 19.1. The van der Waals surface area contributed by atoms with Crippen LogP contribution in [0.15, 0.2) is 36.4 Å². The molecule has 0 atom stereocenters. The lowest BCUT2D eigenvalue weighted by atomic mass is 9.74. The molecular formula is C20H21F2NO4. The standard InChI is InChI=1S/C20H21F2NO4/c1-26-15-4-2-13(3-5-15)20(6-8-27-9-7-20)12-23-19(25)18-16(22)10-14(21)11-17(18)24/h2-5,10-11,24H,6-9,12H2,1H3,(H,23,25). The normalized spacial score (nSPS) is 16.0. The molecule has 0 aromatic heterocycles. The van der Waals surface area contributed by atoms with E-state index in [2.05, 4.69) is 5.32 Å². The number of nitrogens with one attached hydrogen (secondary N) is 1. The molecule has 1 amide bonds. The van der Waals surface area contributed by atoms with Gasteiger partial charge in [-0.1, -0.05) is 12.1 Å². The lowest BCUT2D eigenvalue weighted by molar-refractivity contribution is 0.0486. The molecule has 2 aromatic rings. The molecule has 1 fully saturated rings. The number of aromatic hydroxyl groups is 1. The second-order valence-electron chi connectivity index (χ2n) is 6.59. The molecule has 2 aromatic carbocycles. The summed E-state index contributed by atoms with van der Waals surface area (Å²) in [7, 11) is 1.59. The smallest absolute Gasteiger partial charge is 0.258 e. The number of carbonyl (C=O) groups is 1. The Kier molecular flexibility index (Phi) is 5.60. The summed E-state index contributed by atoms with van der Waals surface area (Å²) in [4.78, 5) is 12.4. The summed E-state index contributed by atoms with van der Waals surface area (Å²) in [6.07, 6.45) is 1.36. The molecule has 3 rings (SSSR count). The second-order valence-corrected chi connectivity index (χ2v) is 6.59. The Balaban J connectivity index is 1.82. The first-order valence-corrected chi connectivity index (χ1v) is 8.64. The SMILES string of the molecule is COc1ccc(C2(CNC(=O)c3c(O)cc(F)cc3F)CCOCC2)cc1. The van der Waals surface area contributed by atoms with E-state index < -0.39 is 28.9 Å². The highest BCUT2D eigenvalue weighted by molar-refractivity contribution is 5.97. The first-order chi connectivity index (χ1) is 12.9. The number of phenolic OH excluding ortho intramolecular Hbond substituents is 1. The molecule has 0 bridgehead atoms. The number of rotatable bonds is 5. The van der Waals surface area contributed by atoms with E-state index in [4.69, 9.17) is 9.47 Å². The lowest BCUT2D eigenvalue weighted by Gasteiger charge is -2.38. The van der Waals surface area contributed by atoms with E-state index >= 15 is 0 Å². The molecular weight excluding hydrogens is 356 g/mol. The average Bonchev–Trinajstić information content (AvgIpc) is 2.66. The van der Waals surface area contributed by atoms with Gasteiger partial charge in [0.1, 0.15) is 28.7 Å². The number of methoxy groups -OCH3 is 1. The third-order valence-electron chi connectivity index (χ3n) is 5.00. The van der Waals surface area contributed by atoms with Crippen LogP contribution >= 0.6 is 0 Å². The van der Waals surface area contributed by atoms with E-state index in [0.29, 0.717) is 38.2 Å². The van der Waals surface area contributed by atoms with Crippen molar-refractivity contribution in [2.24, 2.45) is 0 Å². The number of hydrogen-bond acceptors (Lipinski definition) is 4.